The summed E-state index contributed by atoms with van der Waals surface area (Å²) in [5, 5.41) is 3.49. The third-order valence-electron chi connectivity index (χ3n) is 4.82. The molecule has 1 aliphatic rings. The number of imidazole rings is 1. The molecule has 1 unspecified atom stereocenters. The molecule has 0 aromatic carbocycles. The fourth-order valence-electron chi connectivity index (χ4n) is 3.42. The van der Waals surface area contributed by atoms with Crippen LogP contribution in [0.15, 0.2) is 12.5 Å². The molecule has 0 amide bonds. The van der Waals surface area contributed by atoms with Gasteiger partial charge in [-0.3, -0.25) is 0 Å². The Labute approximate surface area is 117 Å². The van der Waals surface area contributed by atoms with E-state index in [1.165, 1.54) is 12.1 Å². The first kappa shape index (κ1) is 14.6. The van der Waals surface area contributed by atoms with Crippen LogP contribution in [-0.2, 0) is 12.0 Å². The van der Waals surface area contributed by atoms with Crippen molar-refractivity contribution in [3.63, 3.8) is 0 Å². The first-order valence-corrected chi connectivity index (χ1v) is 7.65. The highest BCUT2D eigenvalue weighted by molar-refractivity contribution is 5.17. The van der Waals surface area contributed by atoms with E-state index in [0.29, 0.717) is 17.8 Å². The molecule has 1 aliphatic heterocycles. The van der Waals surface area contributed by atoms with Crippen LogP contribution in [0, 0.1) is 17.8 Å². The van der Waals surface area contributed by atoms with Gasteiger partial charge in [-0.25, -0.2) is 4.98 Å². The van der Waals surface area contributed by atoms with Crippen LogP contribution in [-0.4, -0.2) is 22.6 Å². The van der Waals surface area contributed by atoms with Crippen molar-refractivity contribution in [3.05, 3.63) is 18.2 Å². The van der Waals surface area contributed by atoms with Gasteiger partial charge in [0.25, 0.3) is 0 Å². The van der Waals surface area contributed by atoms with Crippen molar-refractivity contribution >= 4 is 0 Å². The minimum Gasteiger partial charge on any atom is -0.334 e. The molecular weight excluding hydrogens is 234 g/mol. The minimum atomic E-state index is 0.259. The largest absolute Gasteiger partial charge is 0.334 e. The minimum absolute atomic E-state index is 0.259. The van der Waals surface area contributed by atoms with Gasteiger partial charge in [0, 0.05) is 30.4 Å². The van der Waals surface area contributed by atoms with E-state index in [2.05, 4.69) is 55.7 Å². The maximum absolute atomic E-state index is 4.42. The summed E-state index contributed by atoms with van der Waals surface area (Å²) in [7, 11) is 0. The van der Waals surface area contributed by atoms with Gasteiger partial charge in [0.05, 0.1) is 6.33 Å². The summed E-state index contributed by atoms with van der Waals surface area (Å²) in [4.78, 5) is 4.42. The third kappa shape index (κ3) is 3.02. The quantitative estimate of drug-likeness (QED) is 0.885. The molecule has 19 heavy (non-hydrogen) atoms. The Hall–Kier alpha value is -0.830. The van der Waals surface area contributed by atoms with Gasteiger partial charge in [-0.15, -0.1) is 0 Å². The van der Waals surface area contributed by atoms with E-state index in [4.69, 9.17) is 0 Å². The molecule has 3 nitrogen and oxygen atoms in total. The maximum Gasteiger partial charge on any atom is 0.0948 e. The summed E-state index contributed by atoms with van der Waals surface area (Å²) in [5.74, 6) is 2.14. The number of hydrogen-bond donors (Lipinski definition) is 1. The van der Waals surface area contributed by atoms with Gasteiger partial charge < -0.3 is 9.88 Å². The molecule has 0 saturated carbocycles. The van der Waals surface area contributed by atoms with Gasteiger partial charge in [0.15, 0.2) is 0 Å². The number of aromatic nitrogens is 2. The lowest BCUT2D eigenvalue weighted by Crippen LogP contribution is -2.30. The van der Waals surface area contributed by atoms with Crippen LogP contribution in [0.3, 0.4) is 0 Å². The highest BCUT2D eigenvalue weighted by atomic mass is 15.1. The van der Waals surface area contributed by atoms with E-state index in [1.807, 2.05) is 6.33 Å². The number of hydrogen-bond acceptors (Lipinski definition) is 2. The third-order valence-corrected chi connectivity index (χ3v) is 4.82. The van der Waals surface area contributed by atoms with E-state index < -0.39 is 0 Å². The summed E-state index contributed by atoms with van der Waals surface area (Å²) >= 11 is 0. The Morgan fingerprint density at radius 1 is 1.32 bits per heavy atom. The van der Waals surface area contributed by atoms with Gasteiger partial charge >= 0.3 is 0 Å². The number of rotatable bonds is 5. The van der Waals surface area contributed by atoms with Gasteiger partial charge in [0.1, 0.15) is 0 Å². The molecule has 1 saturated heterocycles. The van der Waals surface area contributed by atoms with E-state index in [0.717, 1.165) is 19.6 Å². The lowest BCUT2D eigenvalue weighted by Gasteiger charge is -2.29. The second kappa shape index (κ2) is 5.66. The van der Waals surface area contributed by atoms with Crippen LogP contribution in [0.5, 0.6) is 0 Å². The van der Waals surface area contributed by atoms with E-state index in [-0.39, 0.29) is 5.41 Å². The molecule has 108 valence electrons. The predicted octanol–water partition coefficient (Wildman–Crippen LogP) is 3.06. The van der Waals surface area contributed by atoms with Crippen molar-refractivity contribution in [2.24, 2.45) is 17.8 Å². The average molecular weight is 263 g/mol. The predicted molar refractivity (Wildman–Crippen MR) is 80.2 cm³/mol. The summed E-state index contributed by atoms with van der Waals surface area (Å²) in [6.07, 6.45) is 5.31. The molecule has 3 heteroatoms. The van der Waals surface area contributed by atoms with Crippen LogP contribution in [0.1, 0.15) is 46.7 Å². The molecule has 1 aromatic heterocycles. The van der Waals surface area contributed by atoms with Gasteiger partial charge in [-0.1, -0.05) is 34.6 Å². The molecule has 1 aromatic rings. The van der Waals surface area contributed by atoms with Crippen molar-refractivity contribution in [3.8, 4) is 0 Å². The summed E-state index contributed by atoms with van der Waals surface area (Å²) in [6.45, 7) is 15.0. The second-order valence-electron chi connectivity index (χ2n) is 7.07. The Kier molecular flexibility index (Phi) is 4.34. The zero-order valence-corrected chi connectivity index (χ0v) is 13.1. The molecule has 2 rings (SSSR count). The summed E-state index contributed by atoms with van der Waals surface area (Å²) in [6, 6.07) is 0. The molecule has 0 radical (unpaired) electrons. The number of nitrogens with one attached hydrogen (secondary N) is 1. The zero-order chi connectivity index (χ0) is 14.0. The highest BCUT2D eigenvalue weighted by Crippen LogP contribution is 2.31. The molecule has 0 spiro atoms. The van der Waals surface area contributed by atoms with E-state index in [1.54, 1.807) is 0 Å². The summed E-state index contributed by atoms with van der Waals surface area (Å²) < 4.78 is 2.40. The second-order valence-corrected chi connectivity index (χ2v) is 7.07. The fraction of sp³-hybridized carbons (Fsp3) is 0.812. The lowest BCUT2D eigenvalue weighted by molar-refractivity contribution is 0.245. The molecular formula is C16H29N3. The first-order valence-electron chi connectivity index (χ1n) is 7.65. The monoisotopic (exact) mass is 263 g/mol. The highest BCUT2D eigenvalue weighted by Gasteiger charge is 2.34. The average Bonchev–Trinajstić information content (AvgIpc) is 2.94. The van der Waals surface area contributed by atoms with Gasteiger partial charge in [-0.2, -0.15) is 0 Å². The van der Waals surface area contributed by atoms with Gasteiger partial charge in [-0.05, 0) is 30.7 Å². The van der Waals surface area contributed by atoms with Crippen molar-refractivity contribution < 1.29 is 0 Å². The SMILES string of the molecule is CC(C)C(Cn1cncc1C1(C)CCNC1)C(C)C. The Balaban J connectivity index is 2.20. The van der Waals surface area contributed by atoms with Crippen LogP contribution in [0.2, 0.25) is 0 Å². The zero-order valence-electron chi connectivity index (χ0n) is 13.1. The Morgan fingerprint density at radius 2 is 2.00 bits per heavy atom. The van der Waals surface area contributed by atoms with Crippen LogP contribution >= 0.6 is 0 Å². The molecule has 0 bridgehead atoms. The van der Waals surface area contributed by atoms with Gasteiger partial charge in [0.2, 0.25) is 0 Å². The molecule has 2 heterocycles. The number of nitrogens with zero attached hydrogens (tertiary/aromatic N) is 2. The summed E-state index contributed by atoms with van der Waals surface area (Å²) in [5.41, 5.74) is 1.67. The molecule has 0 aliphatic carbocycles. The molecule has 1 N–H and O–H groups in total. The van der Waals surface area contributed by atoms with E-state index in [9.17, 15) is 0 Å². The molecule has 1 fully saturated rings. The van der Waals surface area contributed by atoms with Crippen LogP contribution in [0.25, 0.3) is 0 Å². The van der Waals surface area contributed by atoms with Crippen molar-refractivity contribution in [1.82, 2.24) is 14.9 Å². The Bertz CT molecular complexity index is 392. The van der Waals surface area contributed by atoms with Crippen LogP contribution in [0.4, 0.5) is 0 Å². The Morgan fingerprint density at radius 3 is 2.53 bits per heavy atom. The topological polar surface area (TPSA) is 29.9 Å². The smallest absolute Gasteiger partial charge is 0.0948 e. The van der Waals surface area contributed by atoms with Crippen molar-refractivity contribution in [1.29, 1.82) is 0 Å². The standard InChI is InChI=1S/C16H29N3/c1-12(2)14(13(3)4)9-19-11-18-8-15(19)16(5)6-7-17-10-16/h8,11-14,17H,6-7,9-10H2,1-5H3. The normalized spacial score (nSPS) is 24.0. The lowest BCUT2D eigenvalue weighted by atomic mass is 9.83. The van der Waals surface area contributed by atoms with Crippen molar-refractivity contribution in [2.75, 3.05) is 13.1 Å². The van der Waals surface area contributed by atoms with Crippen molar-refractivity contribution in [2.45, 2.75) is 53.0 Å². The fourth-order valence-corrected chi connectivity index (χ4v) is 3.42. The van der Waals surface area contributed by atoms with Crippen LogP contribution < -0.4 is 5.32 Å². The first-order chi connectivity index (χ1) is 8.94. The maximum atomic E-state index is 4.42. The van der Waals surface area contributed by atoms with E-state index >= 15 is 0 Å². The molecule has 1 atom stereocenters.